The van der Waals surface area contributed by atoms with Gasteiger partial charge in [0.1, 0.15) is 4.34 Å². The second kappa shape index (κ2) is 5.73. The summed E-state index contributed by atoms with van der Waals surface area (Å²) in [4.78, 5) is 20.3. The maximum atomic E-state index is 12.3. The maximum absolute atomic E-state index is 12.3. The van der Waals surface area contributed by atoms with Crippen molar-refractivity contribution in [1.29, 1.82) is 0 Å². The van der Waals surface area contributed by atoms with E-state index in [1.807, 2.05) is 0 Å². The fourth-order valence-corrected chi connectivity index (χ4v) is 2.83. The van der Waals surface area contributed by atoms with Gasteiger partial charge in [0, 0.05) is 0 Å². The molecule has 0 N–H and O–H groups in total. The molecule has 0 saturated heterocycles. The van der Waals surface area contributed by atoms with Gasteiger partial charge in [-0.15, -0.1) is 11.3 Å². The molecule has 8 heteroatoms. The van der Waals surface area contributed by atoms with Crippen LogP contribution in [0.3, 0.4) is 0 Å². The smallest absolute Gasteiger partial charge is 0.247 e. The van der Waals surface area contributed by atoms with E-state index in [1.54, 1.807) is 0 Å². The molecule has 0 bridgehead atoms. The Bertz CT molecular complexity index is 630. The number of hydrogen-bond donors (Lipinski definition) is 0. The van der Waals surface area contributed by atoms with Crippen LogP contribution in [0, 0.1) is 0 Å². The summed E-state index contributed by atoms with van der Waals surface area (Å²) in [5.74, 6) is -0.0780. The van der Waals surface area contributed by atoms with Crippen LogP contribution in [0.2, 0.25) is 8.67 Å². The zero-order valence-corrected chi connectivity index (χ0v) is 12.3. The van der Waals surface area contributed by atoms with Crippen LogP contribution in [0.25, 0.3) is 0 Å². The molecule has 2 rings (SSSR count). The van der Waals surface area contributed by atoms with Gasteiger partial charge in [-0.1, -0.05) is 23.2 Å². The number of ketones is 1. The monoisotopic (exact) mass is 318 g/mol. The summed E-state index contributed by atoms with van der Waals surface area (Å²) < 4.78 is 10.7. The van der Waals surface area contributed by atoms with E-state index in [-0.39, 0.29) is 23.0 Å². The van der Waals surface area contributed by atoms with E-state index >= 15 is 0 Å². The van der Waals surface area contributed by atoms with Crippen LogP contribution in [-0.4, -0.2) is 30.0 Å². The highest BCUT2D eigenvalue weighted by molar-refractivity contribution is 7.20. The first-order valence-corrected chi connectivity index (χ1v) is 6.58. The van der Waals surface area contributed by atoms with Crippen molar-refractivity contribution in [3.05, 3.63) is 32.2 Å². The van der Waals surface area contributed by atoms with Gasteiger partial charge in [0.25, 0.3) is 0 Å². The molecular formula is C11H8Cl2N2O3S. The number of carbonyl (C=O) groups excluding carboxylic acids is 1. The molecule has 0 unspecified atom stereocenters. The van der Waals surface area contributed by atoms with Crippen molar-refractivity contribution in [2.75, 3.05) is 14.2 Å². The van der Waals surface area contributed by atoms with Crippen molar-refractivity contribution >= 4 is 40.3 Å². The predicted octanol–water partition coefficient (Wildman–Crippen LogP) is 3.09. The van der Waals surface area contributed by atoms with Gasteiger partial charge in [-0.25, -0.2) is 4.98 Å². The number of nitrogens with zero attached hydrogens (tertiary/aromatic N) is 2. The first-order chi connectivity index (χ1) is 9.06. The Labute approximate surface area is 123 Å². The van der Waals surface area contributed by atoms with Crippen LogP contribution in [0.4, 0.5) is 0 Å². The Balaban J connectivity index is 2.46. The minimum Gasteiger partial charge on any atom is -0.480 e. The number of methoxy groups -OCH3 is 2. The van der Waals surface area contributed by atoms with Gasteiger partial charge in [-0.05, 0) is 6.07 Å². The minimum atomic E-state index is -0.403. The fraction of sp³-hybridized carbons (Fsp3) is 0.182. The van der Waals surface area contributed by atoms with Crippen LogP contribution in [0.15, 0.2) is 12.3 Å². The molecule has 0 aliphatic carbocycles. The highest BCUT2D eigenvalue weighted by atomic mass is 35.5. The summed E-state index contributed by atoms with van der Waals surface area (Å²) in [5, 5.41) is 0. The quantitative estimate of drug-likeness (QED) is 0.811. The average Bonchev–Trinajstić information content (AvgIpc) is 2.76. The lowest BCUT2D eigenvalue weighted by molar-refractivity contribution is 0.103. The molecule has 0 fully saturated rings. The molecule has 19 heavy (non-hydrogen) atoms. The largest absolute Gasteiger partial charge is 0.480 e. The van der Waals surface area contributed by atoms with E-state index < -0.39 is 5.78 Å². The molecule has 0 aromatic carbocycles. The van der Waals surface area contributed by atoms with Gasteiger partial charge in [0.2, 0.25) is 17.5 Å². The maximum Gasteiger partial charge on any atom is 0.247 e. The van der Waals surface area contributed by atoms with Gasteiger partial charge >= 0.3 is 0 Å². The molecule has 0 spiro atoms. The van der Waals surface area contributed by atoms with E-state index in [1.165, 1.54) is 26.5 Å². The number of thiophene rings is 1. The summed E-state index contributed by atoms with van der Waals surface area (Å²) in [7, 11) is 2.84. The summed E-state index contributed by atoms with van der Waals surface area (Å²) in [6.07, 6.45) is 1.33. The molecule has 100 valence electrons. The lowest BCUT2D eigenvalue weighted by atomic mass is 10.1. The van der Waals surface area contributed by atoms with Crippen LogP contribution in [0.5, 0.6) is 11.8 Å². The third kappa shape index (κ3) is 2.80. The number of ether oxygens (including phenoxy) is 2. The third-order valence-corrected chi connectivity index (χ3v) is 3.72. The minimum absolute atomic E-state index is 0.0552. The van der Waals surface area contributed by atoms with Crippen LogP contribution >= 0.6 is 34.5 Å². The van der Waals surface area contributed by atoms with Crippen molar-refractivity contribution < 1.29 is 14.3 Å². The van der Waals surface area contributed by atoms with Crippen molar-refractivity contribution in [2.24, 2.45) is 0 Å². The van der Waals surface area contributed by atoms with Gasteiger partial charge in [-0.3, -0.25) is 4.79 Å². The summed E-state index contributed by atoms with van der Waals surface area (Å²) in [6.45, 7) is 0. The van der Waals surface area contributed by atoms with Gasteiger partial charge in [-0.2, -0.15) is 4.98 Å². The first kappa shape index (κ1) is 14.0. The second-order valence-corrected chi connectivity index (χ2v) is 5.62. The van der Waals surface area contributed by atoms with Crippen molar-refractivity contribution in [1.82, 2.24) is 9.97 Å². The third-order valence-electron chi connectivity index (χ3n) is 2.24. The summed E-state index contributed by atoms with van der Waals surface area (Å²) in [5.41, 5.74) is 0.328. The van der Waals surface area contributed by atoms with Gasteiger partial charge < -0.3 is 9.47 Å². The molecule has 0 saturated carbocycles. The number of carbonyl (C=O) groups is 1. The number of hydrogen-bond acceptors (Lipinski definition) is 6. The molecular weight excluding hydrogens is 311 g/mol. The Morgan fingerprint density at radius 1 is 1.32 bits per heavy atom. The SMILES string of the molecule is COc1cnc(C(=O)c2cc(Cl)sc2Cl)c(OC)n1. The van der Waals surface area contributed by atoms with Crippen molar-refractivity contribution in [3.8, 4) is 11.8 Å². The number of aromatic nitrogens is 2. The van der Waals surface area contributed by atoms with Crippen molar-refractivity contribution in [3.63, 3.8) is 0 Å². The number of halogens is 2. The predicted molar refractivity (Wildman–Crippen MR) is 72.9 cm³/mol. The number of rotatable bonds is 4. The van der Waals surface area contributed by atoms with E-state index in [4.69, 9.17) is 32.7 Å². The Morgan fingerprint density at radius 2 is 2.05 bits per heavy atom. The lowest BCUT2D eigenvalue weighted by Crippen LogP contribution is -2.08. The molecule has 2 heterocycles. The van der Waals surface area contributed by atoms with E-state index in [0.717, 1.165) is 11.3 Å². The average molecular weight is 319 g/mol. The van der Waals surface area contributed by atoms with Gasteiger partial charge in [0.15, 0.2) is 5.69 Å². The topological polar surface area (TPSA) is 61.3 Å². The molecule has 0 radical (unpaired) electrons. The second-order valence-electron chi connectivity index (χ2n) is 3.34. The molecule has 2 aromatic heterocycles. The van der Waals surface area contributed by atoms with Crippen LogP contribution in [0.1, 0.15) is 16.1 Å². The normalized spacial score (nSPS) is 10.3. The fourth-order valence-electron chi connectivity index (χ4n) is 1.38. The van der Waals surface area contributed by atoms with E-state index in [2.05, 4.69) is 9.97 Å². The molecule has 5 nitrogen and oxygen atoms in total. The standard InChI is InChI=1S/C11H8Cl2N2O3S/c1-17-7-4-14-8(11(15-7)18-2)9(16)5-3-6(12)19-10(5)13/h3-4H,1-2H3. The molecule has 0 atom stereocenters. The van der Waals surface area contributed by atoms with Crippen LogP contribution < -0.4 is 9.47 Å². The lowest BCUT2D eigenvalue weighted by Gasteiger charge is -2.06. The highest BCUT2D eigenvalue weighted by Gasteiger charge is 2.22. The van der Waals surface area contributed by atoms with E-state index in [9.17, 15) is 4.79 Å². The Kier molecular flexibility index (Phi) is 4.24. The Morgan fingerprint density at radius 3 is 2.58 bits per heavy atom. The zero-order valence-electron chi connectivity index (χ0n) is 9.94. The van der Waals surface area contributed by atoms with E-state index in [0.29, 0.717) is 8.67 Å². The molecule has 0 amide bonds. The summed E-state index contributed by atoms with van der Waals surface area (Å²) >= 11 is 12.9. The molecule has 0 aliphatic heterocycles. The Hall–Kier alpha value is -1.37. The zero-order chi connectivity index (χ0) is 14.0. The molecule has 0 aliphatic rings. The highest BCUT2D eigenvalue weighted by Crippen LogP contribution is 2.33. The van der Waals surface area contributed by atoms with Crippen LogP contribution in [-0.2, 0) is 0 Å². The first-order valence-electron chi connectivity index (χ1n) is 5.01. The summed E-state index contributed by atoms with van der Waals surface area (Å²) in [6, 6.07) is 1.49. The van der Waals surface area contributed by atoms with Gasteiger partial charge in [0.05, 0.1) is 30.3 Å². The van der Waals surface area contributed by atoms with Crippen molar-refractivity contribution in [2.45, 2.75) is 0 Å². The molecule has 2 aromatic rings.